The van der Waals surface area contributed by atoms with Crippen LogP contribution in [0.15, 0.2) is 79.1 Å². The van der Waals surface area contributed by atoms with Crippen molar-refractivity contribution in [3.63, 3.8) is 0 Å². The summed E-state index contributed by atoms with van der Waals surface area (Å²) in [6.45, 7) is 3.45. The van der Waals surface area contributed by atoms with Crippen LogP contribution in [0.5, 0.6) is 5.75 Å². The van der Waals surface area contributed by atoms with E-state index in [0.29, 0.717) is 16.5 Å². The van der Waals surface area contributed by atoms with Crippen molar-refractivity contribution in [3.8, 4) is 17.0 Å². The number of carbonyl (C=O) groups is 1. The van der Waals surface area contributed by atoms with E-state index in [-0.39, 0.29) is 5.91 Å². The Hall–Kier alpha value is -3.31. The topological polar surface area (TPSA) is 55.6 Å². The van der Waals surface area contributed by atoms with E-state index >= 15 is 0 Å². The molecule has 4 aromatic rings. The molecule has 0 atom stereocenters. The van der Waals surface area contributed by atoms with Gasteiger partial charge in [0.15, 0.2) is 5.60 Å². The van der Waals surface area contributed by atoms with Crippen LogP contribution >= 0.6 is 11.6 Å². The van der Waals surface area contributed by atoms with Gasteiger partial charge in [-0.2, -0.15) is 0 Å². The highest BCUT2D eigenvalue weighted by Gasteiger charge is 2.30. The lowest BCUT2D eigenvalue weighted by molar-refractivity contribution is -0.128. The first kappa shape index (κ1) is 19.0. The lowest BCUT2D eigenvalue weighted by Gasteiger charge is -2.25. The van der Waals surface area contributed by atoms with Gasteiger partial charge in [-0.1, -0.05) is 29.8 Å². The van der Waals surface area contributed by atoms with Crippen molar-refractivity contribution in [2.75, 3.05) is 5.32 Å². The fourth-order valence-corrected chi connectivity index (χ4v) is 3.08. The maximum Gasteiger partial charge on any atom is 0.267 e. The maximum absolute atomic E-state index is 12.8. The zero-order valence-electron chi connectivity index (χ0n) is 16.1. The van der Waals surface area contributed by atoms with Gasteiger partial charge in [0.25, 0.3) is 5.91 Å². The Kier molecular flexibility index (Phi) is 4.99. The molecule has 0 fully saturated rings. The quantitative estimate of drug-likeness (QED) is 0.480. The third-order valence-corrected chi connectivity index (χ3v) is 4.77. The number of anilines is 1. The van der Waals surface area contributed by atoms with Crippen LogP contribution in [0.25, 0.3) is 16.9 Å². The van der Waals surface area contributed by atoms with Gasteiger partial charge in [-0.25, -0.2) is 4.98 Å². The van der Waals surface area contributed by atoms with Crippen LogP contribution < -0.4 is 10.1 Å². The number of fused-ring (bicyclic) bond motifs is 1. The van der Waals surface area contributed by atoms with Crippen molar-refractivity contribution in [2.45, 2.75) is 19.4 Å². The molecule has 0 aliphatic heterocycles. The van der Waals surface area contributed by atoms with Crippen LogP contribution in [0, 0.1) is 0 Å². The van der Waals surface area contributed by atoms with Crippen molar-refractivity contribution in [1.82, 2.24) is 9.38 Å². The molecule has 0 aliphatic rings. The number of nitrogens with zero attached hydrogens (tertiary/aromatic N) is 2. The molecule has 6 heteroatoms. The number of carbonyl (C=O) groups excluding carboxylic acids is 1. The number of hydrogen-bond donors (Lipinski definition) is 1. The minimum Gasteiger partial charge on any atom is -0.478 e. The summed E-state index contributed by atoms with van der Waals surface area (Å²) in [7, 11) is 0. The third kappa shape index (κ3) is 4.25. The van der Waals surface area contributed by atoms with E-state index in [2.05, 4.69) is 10.3 Å². The normalized spacial score (nSPS) is 11.4. The zero-order valence-corrected chi connectivity index (χ0v) is 16.9. The summed E-state index contributed by atoms with van der Waals surface area (Å²) >= 11 is 5.90. The Labute approximate surface area is 173 Å². The van der Waals surface area contributed by atoms with Crippen LogP contribution in [0.2, 0.25) is 5.02 Å². The van der Waals surface area contributed by atoms with Crippen LogP contribution in [0.1, 0.15) is 13.8 Å². The molecule has 0 spiro atoms. The van der Waals surface area contributed by atoms with Crippen LogP contribution in [0.3, 0.4) is 0 Å². The molecule has 0 saturated carbocycles. The summed E-state index contributed by atoms with van der Waals surface area (Å²) < 4.78 is 7.82. The molecule has 2 heterocycles. The summed E-state index contributed by atoms with van der Waals surface area (Å²) in [4.78, 5) is 17.4. The molecule has 29 heavy (non-hydrogen) atoms. The summed E-state index contributed by atoms with van der Waals surface area (Å²) in [5.41, 5.74) is 2.24. The van der Waals surface area contributed by atoms with Gasteiger partial charge < -0.3 is 14.5 Å². The number of halogens is 1. The predicted octanol–water partition coefficient (Wildman–Crippen LogP) is 5.45. The smallest absolute Gasteiger partial charge is 0.267 e. The second-order valence-electron chi connectivity index (χ2n) is 7.19. The summed E-state index contributed by atoms with van der Waals surface area (Å²) in [5.74, 6) is 0.326. The van der Waals surface area contributed by atoms with Gasteiger partial charge in [0, 0.05) is 28.7 Å². The number of ether oxygens (including phenoxy) is 1. The fraction of sp³-hybridized carbons (Fsp3) is 0.130. The largest absolute Gasteiger partial charge is 0.478 e. The number of nitrogens with one attached hydrogen (secondary N) is 1. The molecular weight excluding hydrogens is 386 g/mol. The molecule has 2 aromatic heterocycles. The standard InChI is InChI=1S/C23H20ClN3O2/c1-23(2,29-19-11-9-17(24)10-12-19)22(28)25-18-7-5-6-16(14-18)20-15-27-13-4-3-8-21(27)26-20/h3-15H,1-2H3,(H,25,28). The van der Waals surface area contributed by atoms with Gasteiger partial charge in [-0.15, -0.1) is 0 Å². The van der Waals surface area contributed by atoms with Crippen molar-refractivity contribution in [1.29, 1.82) is 0 Å². The highest BCUT2D eigenvalue weighted by molar-refractivity contribution is 6.30. The monoisotopic (exact) mass is 405 g/mol. The number of amides is 1. The Morgan fingerprint density at radius 3 is 2.62 bits per heavy atom. The van der Waals surface area contributed by atoms with Crippen molar-refractivity contribution in [3.05, 3.63) is 84.1 Å². The average Bonchev–Trinajstić information content (AvgIpc) is 3.14. The van der Waals surface area contributed by atoms with E-state index in [1.54, 1.807) is 38.1 Å². The number of pyridine rings is 1. The Bertz CT molecular complexity index is 1130. The lowest BCUT2D eigenvalue weighted by Crippen LogP contribution is -2.42. The Morgan fingerprint density at radius 2 is 1.86 bits per heavy atom. The Balaban J connectivity index is 1.52. The number of imidazole rings is 1. The molecule has 5 nitrogen and oxygen atoms in total. The molecule has 2 aromatic carbocycles. The van der Waals surface area contributed by atoms with E-state index < -0.39 is 5.60 Å². The van der Waals surface area contributed by atoms with Gasteiger partial charge in [-0.3, -0.25) is 4.79 Å². The minimum atomic E-state index is -1.06. The van der Waals surface area contributed by atoms with Crippen LogP contribution in [0.4, 0.5) is 5.69 Å². The van der Waals surface area contributed by atoms with Gasteiger partial charge in [0.05, 0.1) is 5.69 Å². The highest BCUT2D eigenvalue weighted by atomic mass is 35.5. The van der Waals surface area contributed by atoms with E-state index in [9.17, 15) is 4.79 Å². The maximum atomic E-state index is 12.8. The number of aromatic nitrogens is 2. The van der Waals surface area contributed by atoms with Crippen molar-refractivity contribution >= 4 is 28.8 Å². The van der Waals surface area contributed by atoms with Gasteiger partial charge >= 0.3 is 0 Å². The second-order valence-corrected chi connectivity index (χ2v) is 7.63. The summed E-state index contributed by atoms with van der Waals surface area (Å²) in [6, 6.07) is 20.4. The lowest BCUT2D eigenvalue weighted by atomic mass is 10.1. The highest BCUT2D eigenvalue weighted by Crippen LogP contribution is 2.25. The second kappa shape index (κ2) is 7.60. The number of benzene rings is 2. The predicted molar refractivity (Wildman–Crippen MR) is 115 cm³/mol. The molecule has 0 bridgehead atoms. The average molecular weight is 406 g/mol. The molecule has 146 valence electrons. The first-order chi connectivity index (χ1) is 13.9. The minimum absolute atomic E-state index is 0.250. The fourth-order valence-electron chi connectivity index (χ4n) is 2.96. The van der Waals surface area contributed by atoms with Crippen LogP contribution in [-0.2, 0) is 4.79 Å². The van der Waals surface area contributed by atoms with Gasteiger partial charge in [-0.05, 0) is 62.4 Å². The first-order valence-corrected chi connectivity index (χ1v) is 9.59. The van der Waals surface area contributed by atoms with Gasteiger partial charge in [0.2, 0.25) is 0 Å². The molecule has 1 N–H and O–H groups in total. The van der Waals surface area contributed by atoms with E-state index in [0.717, 1.165) is 16.9 Å². The number of hydrogen-bond acceptors (Lipinski definition) is 3. The number of rotatable bonds is 5. The SMILES string of the molecule is CC(C)(Oc1ccc(Cl)cc1)C(=O)Nc1cccc(-c2cn3ccccc3n2)c1. The summed E-state index contributed by atoms with van der Waals surface area (Å²) in [6.07, 6.45) is 3.91. The van der Waals surface area contributed by atoms with Gasteiger partial charge in [0.1, 0.15) is 11.4 Å². The van der Waals surface area contributed by atoms with Crippen LogP contribution in [-0.4, -0.2) is 20.9 Å². The first-order valence-electron chi connectivity index (χ1n) is 9.21. The zero-order chi connectivity index (χ0) is 20.4. The summed E-state index contributed by atoms with van der Waals surface area (Å²) in [5, 5.41) is 3.55. The molecule has 4 rings (SSSR count). The van der Waals surface area contributed by atoms with Crippen molar-refractivity contribution in [2.24, 2.45) is 0 Å². The molecule has 0 radical (unpaired) electrons. The molecule has 0 saturated heterocycles. The third-order valence-electron chi connectivity index (χ3n) is 4.51. The Morgan fingerprint density at radius 1 is 1.07 bits per heavy atom. The molecule has 0 aliphatic carbocycles. The van der Waals surface area contributed by atoms with E-state index in [4.69, 9.17) is 16.3 Å². The van der Waals surface area contributed by atoms with E-state index in [1.165, 1.54) is 0 Å². The van der Waals surface area contributed by atoms with E-state index in [1.807, 2.05) is 59.3 Å². The molecule has 0 unspecified atom stereocenters. The molecular formula is C23H20ClN3O2. The molecule has 1 amide bonds. The van der Waals surface area contributed by atoms with Crippen molar-refractivity contribution < 1.29 is 9.53 Å².